The molecule has 2 aromatic rings. The Morgan fingerprint density at radius 2 is 1.54 bits per heavy atom. The molecule has 0 amide bonds. The average molecular weight is 607 g/mol. The van der Waals surface area contributed by atoms with E-state index in [2.05, 4.69) is 62.0 Å². The molecule has 4 bridgehead atoms. The molecule has 0 radical (unpaired) electrons. The standard InChI is InChI=1S/C29H47N2P2.C5H5.Fe/c1-27(2,3)21-13-22(28-15-18-10-19(16-28)12-20(11-18)24(28)17-32)23(14-21)29(33,25-6-4-8-30-25)26-7-5-9-31-26;1-2-4-5-3-1;/h13-14,18-20,24-26,30-31H,4-12,15-17,32-33H2,1-3H3;1-5H;/q2*-1;+2. The van der Waals surface area contributed by atoms with E-state index < -0.39 is 0 Å². The summed E-state index contributed by atoms with van der Waals surface area (Å²) in [4.78, 5) is 0. The van der Waals surface area contributed by atoms with E-state index in [4.69, 9.17) is 0 Å². The van der Waals surface area contributed by atoms with Crippen LogP contribution in [0.2, 0.25) is 0 Å². The number of rotatable bonds is 5. The first-order valence-corrected chi connectivity index (χ1v) is 17.1. The second-order valence-corrected chi connectivity index (χ2v) is 16.0. The average Bonchev–Trinajstić information content (AvgIpc) is 3.72. The van der Waals surface area contributed by atoms with Crippen LogP contribution in [-0.4, -0.2) is 31.3 Å². The Bertz CT molecular complexity index is 991. The zero-order valence-corrected chi connectivity index (χ0v) is 27.9. The second-order valence-electron chi connectivity index (χ2n) is 14.6. The van der Waals surface area contributed by atoms with Crippen molar-refractivity contribution in [2.75, 3.05) is 19.3 Å². The van der Waals surface area contributed by atoms with Crippen LogP contribution in [0.5, 0.6) is 0 Å². The maximum absolute atomic E-state index is 3.98. The summed E-state index contributed by atoms with van der Waals surface area (Å²) >= 11 is 0. The molecule has 7 unspecified atom stereocenters. The molecular weight excluding hydrogens is 554 g/mol. The molecule has 2 aromatic carbocycles. The second kappa shape index (κ2) is 11.9. The van der Waals surface area contributed by atoms with Crippen molar-refractivity contribution in [3.8, 4) is 0 Å². The predicted octanol–water partition coefficient (Wildman–Crippen LogP) is 7.25. The molecule has 2 nitrogen and oxygen atoms in total. The molecule has 7 atom stereocenters. The van der Waals surface area contributed by atoms with Gasteiger partial charge in [-0.1, -0.05) is 39.0 Å². The minimum absolute atomic E-state index is 0. The summed E-state index contributed by atoms with van der Waals surface area (Å²) in [5.41, 5.74) is 5.68. The third-order valence-electron chi connectivity index (χ3n) is 11.4. The zero-order chi connectivity index (χ0) is 26.5. The number of nitrogens with one attached hydrogen (secondary N) is 2. The van der Waals surface area contributed by atoms with Crippen LogP contribution in [-0.2, 0) is 33.1 Å². The fourth-order valence-electron chi connectivity index (χ4n) is 9.82. The van der Waals surface area contributed by atoms with Crippen molar-refractivity contribution in [1.82, 2.24) is 10.6 Å². The molecule has 2 aliphatic heterocycles. The van der Waals surface area contributed by atoms with E-state index in [-0.39, 0.29) is 27.6 Å². The Balaban J connectivity index is 0.000000464. The molecule has 6 aliphatic rings. The van der Waals surface area contributed by atoms with Gasteiger partial charge in [0, 0.05) is 17.2 Å². The molecule has 0 spiro atoms. The van der Waals surface area contributed by atoms with Crippen LogP contribution >= 0.6 is 18.5 Å². The Hall–Kier alpha value is -0.000519. The van der Waals surface area contributed by atoms with Gasteiger partial charge in [-0.15, -0.1) is 18.5 Å². The minimum atomic E-state index is 0. The zero-order valence-electron chi connectivity index (χ0n) is 24.5. The molecule has 4 aliphatic carbocycles. The van der Waals surface area contributed by atoms with Crippen LogP contribution in [0.1, 0.15) is 95.2 Å². The third kappa shape index (κ3) is 5.46. The SMILES string of the molecule is CC(C)(C)c1cc(C23CC4CC(CC(C4)C2CP)C3)c(C(P)(C2CCCN2)C2CCCN2)[cH-]1.[Fe+2].c1cc[cH-]c1. The van der Waals surface area contributed by atoms with E-state index in [0.29, 0.717) is 17.5 Å². The van der Waals surface area contributed by atoms with Crippen molar-refractivity contribution in [2.45, 2.75) is 107 Å². The summed E-state index contributed by atoms with van der Waals surface area (Å²) < 4.78 is 0. The topological polar surface area (TPSA) is 24.1 Å². The third-order valence-corrected chi connectivity index (χ3v) is 13.0. The van der Waals surface area contributed by atoms with Crippen LogP contribution < -0.4 is 10.6 Å². The van der Waals surface area contributed by atoms with E-state index in [0.717, 1.165) is 23.7 Å². The first-order valence-electron chi connectivity index (χ1n) is 15.7. The first-order chi connectivity index (χ1) is 18.3. The van der Waals surface area contributed by atoms with Gasteiger partial charge in [-0.3, -0.25) is 0 Å². The van der Waals surface area contributed by atoms with Gasteiger partial charge in [0.05, 0.1) is 0 Å². The van der Waals surface area contributed by atoms with Crippen LogP contribution in [0.15, 0.2) is 42.5 Å². The van der Waals surface area contributed by atoms with E-state index in [9.17, 15) is 0 Å². The molecule has 39 heavy (non-hydrogen) atoms. The molecule has 5 heteroatoms. The molecular formula is C34H52FeN2P2. The van der Waals surface area contributed by atoms with Crippen LogP contribution in [0.25, 0.3) is 0 Å². The predicted molar refractivity (Wildman–Crippen MR) is 170 cm³/mol. The molecule has 216 valence electrons. The van der Waals surface area contributed by atoms with Crippen molar-refractivity contribution < 1.29 is 17.1 Å². The van der Waals surface area contributed by atoms with Crippen LogP contribution in [0.3, 0.4) is 0 Å². The number of hydrogen-bond donors (Lipinski definition) is 2. The molecule has 6 fully saturated rings. The summed E-state index contributed by atoms with van der Waals surface area (Å²) in [5.74, 6) is 3.77. The molecule has 0 aromatic heterocycles. The fourth-order valence-corrected chi connectivity index (χ4v) is 11.5. The van der Waals surface area contributed by atoms with Gasteiger partial charge in [-0.25, -0.2) is 18.2 Å². The van der Waals surface area contributed by atoms with Gasteiger partial charge in [0.1, 0.15) is 0 Å². The van der Waals surface area contributed by atoms with Gasteiger partial charge in [0.15, 0.2) is 0 Å². The summed E-state index contributed by atoms with van der Waals surface area (Å²) in [6, 6.07) is 16.6. The largest absolute Gasteiger partial charge is 2.00 e. The van der Waals surface area contributed by atoms with Crippen LogP contribution in [0, 0.1) is 23.7 Å². The maximum atomic E-state index is 3.98. The molecule has 2 N–H and O–H groups in total. The molecule has 2 saturated heterocycles. The van der Waals surface area contributed by atoms with Gasteiger partial charge < -0.3 is 10.6 Å². The Morgan fingerprint density at radius 1 is 0.949 bits per heavy atom. The Kier molecular flexibility index (Phi) is 9.33. The number of hydrogen-bond acceptors (Lipinski definition) is 2. The summed E-state index contributed by atoms with van der Waals surface area (Å²) in [6.45, 7) is 9.64. The van der Waals surface area contributed by atoms with Crippen molar-refractivity contribution in [3.63, 3.8) is 0 Å². The van der Waals surface area contributed by atoms with E-state index in [1.54, 1.807) is 16.7 Å². The first kappa shape index (κ1) is 30.5. The van der Waals surface area contributed by atoms with Gasteiger partial charge in [-0.05, 0) is 93.3 Å². The van der Waals surface area contributed by atoms with E-state index in [1.807, 2.05) is 30.3 Å². The van der Waals surface area contributed by atoms with Crippen LogP contribution in [0.4, 0.5) is 0 Å². The minimum Gasteiger partial charge on any atom is -0.313 e. The quantitative estimate of drug-likeness (QED) is 0.213. The van der Waals surface area contributed by atoms with Gasteiger partial charge in [-0.2, -0.15) is 41.0 Å². The maximum Gasteiger partial charge on any atom is 2.00 e. The molecule has 4 saturated carbocycles. The van der Waals surface area contributed by atoms with Crippen molar-refractivity contribution in [2.24, 2.45) is 23.7 Å². The fraction of sp³-hybridized carbons (Fsp3) is 0.706. The van der Waals surface area contributed by atoms with Gasteiger partial charge >= 0.3 is 17.1 Å². The Morgan fingerprint density at radius 3 is 1.97 bits per heavy atom. The van der Waals surface area contributed by atoms with Gasteiger partial charge in [0.2, 0.25) is 0 Å². The van der Waals surface area contributed by atoms with Crippen molar-refractivity contribution >= 4 is 18.5 Å². The van der Waals surface area contributed by atoms with Gasteiger partial charge in [0.25, 0.3) is 0 Å². The smallest absolute Gasteiger partial charge is 0.313 e. The summed E-state index contributed by atoms with van der Waals surface area (Å²) in [7, 11) is 6.70. The van der Waals surface area contributed by atoms with E-state index in [1.165, 1.54) is 77.0 Å². The van der Waals surface area contributed by atoms with Crippen molar-refractivity contribution in [1.29, 1.82) is 0 Å². The van der Waals surface area contributed by atoms with E-state index >= 15 is 0 Å². The molecule has 8 rings (SSSR count). The molecule has 2 heterocycles. The summed E-state index contributed by atoms with van der Waals surface area (Å²) in [5, 5.41) is 8.06. The van der Waals surface area contributed by atoms with Crippen molar-refractivity contribution in [3.05, 3.63) is 59.2 Å². The monoisotopic (exact) mass is 606 g/mol. The normalized spacial score (nSPS) is 36.7. The summed E-state index contributed by atoms with van der Waals surface area (Å²) in [6.07, 6.45) is 14.0. The Labute approximate surface area is 254 Å².